The van der Waals surface area contributed by atoms with Crippen LogP contribution in [0.4, 0.5) is 18.9 Å². The summed E-state index contributed by atoms with van der Waals surface area (Å²) in [5, 5.41) is 0. The molecule has 0 heterocycles. The normalized spacial score (nSPS) is 12.4. The van der Waals surface area contributed by atoms with E-state index in [2.05, 4.69) is 4.72 Å². The van der Waals surface area contributed by atoms with Crippen LogP contribution in [0.1, 0.15) is 13.3 Å². The Hall–Kier alpha value is -0.890. The topological polar surface area (TPSA) is 46.2 Å². The van der Waals surface area contributed by atoms with Crippen LogP contribution in [0.2, 0.25) is 0 Å². The predicted molar refractivity (Wildman–Crippen MR) is 66.1 cm³/mol. The monoisotopic (exact) mass is 299 g/mol. The van der Waals surface area contributed by atoms with Gasteiger partial charge in [0.1, 0.15) is 0 Å². The molecule has 0 aliphatic rings. The lowest BCUT2D eigenvalue weighted by atomic mass is 10.3. The van der Waals surface area contributed by atoms with Crippen molar-refractivity contribution in [3.63, 3.8) is 0 Å². The van der Waals surface area contributed by atoms with E-state index in [1.54, 1.807) is 6.92 Å². The standard InChI is InChI=1S/C10H12F3NO2S2/c1-2-7-18(15,16)14-8-5-3-4-6-9(8)17-10(11,12)13/h3-6,14H,2,7H2,1H3. The van der Waals surface area contributed by atoms with Gasteiger partial charge in [0.15, 0.2) is 0 Å². The van der Waals surface area contributed by atoms with Gasteiger partial charge < -0.3 is 0 Å². The number of anilines is 1. The number of sulfonamides is 1. The number of thioether (sulfide) groups is 1. The summed E-state index contributed by atoms with van der Waals surface area (Å²) in [5.41, 5.74) is -4.50. The maximum atomic E-state index is 12.3. The average molecular weight is 299 g/mol. The molecule has 0 amide bonds. The van der Waals surface area contributed by atoms with Gasteiger partial charge in [-0.15, -0.1) is 0 Å². The first-order valence-electron chi connectivity index (χ1n) is 5.09. The van der Waals surface area contributed by atoms with E-state index in [4.69, 9.17) is 0 Å². The Bertz CT molecular complexity index is 500. The van der Waals surface area contributed by atoms with Crippen LogP contribution in [0.3, 0.4) is 0 Å². The molecule has 0 bridgehead atoms. The minimum Gasteiger partial charge on any atom is -0.282 e. The number of hydrogen-bond acceptors (Lipinski definition) is 3. The van der Waals surface area contributed by atoms with Crippen molar-refractivity contribution in [1.29, 1.82) is 0 Å². The van der Waals surface area contributed by atoms with E-state index in [0.29, 0.717) is 6.42 Å². The third kappa shape index (κ3) is 5.18. The average Bonchev–Trinajstić information content (AvgIpc) is 2.18. The van der Waals surface area contributed by atoms with Crippen LogP contribution in [0, 0.1) is 0 Å². The highest BCUT2D eigenvalue weighted by atomic mass is 32.2. The van der Waals surface area contributed by atoms with Crippen molar-refractivity contribution in [1.82, 2.24) is 0 Å². The first-order valence-corrected chi connectivity index (χ1v) is 7.55. The minimum absolute atomic E-state index is 0.0479. The lowest BCUT2D eigenvalue weighted by Gasteiger charge is -2.12. The van der Waals surface area contributed by atoms with Crippen molar-refractivity contribution < 1.29 is 21.6 Å². The zero-order valence-electron chi connectivity index (χ0n) is 9.49. The van der Waals surface area contributed by atoms with Crippen LogP contribution in [0.5, 0.6) is 0 Å². The van der Waals surface area contributed by atoms with Gasteiger partial charge in [-0.25, -0.2) is 8.42 Å². The number of rotatable bonds is 5. The van der Waals surface area contributed by atoms with Crippen molar-refractivity contribution in [2.24, 2.45) is 0 Å². The Labute approximate surface area is 108 Å². The molecule has 102 valence electrons. The smallest absolute Gasteiger partial charge is 0.282 e. The predicted octanol–water partition coefficient (Wildman–Crippen LogP) is 3.45. The summed E-state index contributed by atoms with van der Waals surface area (Å²) in [5.74, 6) is -0.127. The maximum Gasteiger partial charge on any atom is 0.446 e. The first kappa shape index (κ1) is 15.2. The molecule has 18 heavy (non-hydrogen) atoms. The van der Waals surface area contributed by atoms with Gasteiger partial charge in [-0.2, -0.15) is 13.2 Å². The van der Waals surface area contributed by atoms with E-state index in [1.165, 1.54) is 24.3 Å². The van der Waals surface area contributed by atoms with E-state index in [0.717, 1.165) is 0 Å². The zero-order chi connectivity index (χ0) is 13.8. The summed E-state index contributed by atoms with van der Waals surface area (Å²) < 4.78 is 62.1. The van der Waals surface area contributed by atoms with Gasteiger partial charge >= 0.3 is 5.51 Å². The summed E-state index contributed by atoms with van der Waals surface area (Å²) in [6.45, 7) is 1.68. The number of alkyl halides is 3. The van der Waals surface area contributed by atoms with Crippen LogP contribution in [0.15, 0.2) is 29.2 Å². The molecule has 0 radical (unpaired) electrons. The van der Waals surface area contributed by atoms with E-state index < -0.39 is 15.5 Å². The fourth-order valence-electron chi connectivity index (χ4n) is 1.25. The largest absolute Gasteiger partial charge is 0.446 e. The lowest BCUT2D eigenvalue weighted by Crippen LogP contribution is -2.16. The molecule has 1 aromatic rings. The van der Waals surface area contributed by atoms with Gasteiger partial charge in [-0.3, -0.25) is 4.72 Å². The van der Waals surface area contributed by atoms with E-state index >= 15 is 0 Å². The van der Waals surface area contributed by atoms with Crippen molar-refractivity contribution in [2.75, 3.05) is 10.5 Å². The number of benzene rings is 1. The summed E-state index contributed by atoms with van der Waals surface area (Å²) in [6, 6.07) is 5.43. The Morgan fingerprint density at radius 2 is 1.89 bits per heavy atom. The molecule has 8 heteroatoms. The Balaban J connectivity index is 2.96. The second-order valence-electron chi connectivity index (χ2n) is 3.46. The zero-order valence-corrected chi connectivity index (χ0v) is 11.1. The molecule has 1 aromatic carbocycles. The SMILES string of the molecule is CCCS(=O)(=O)Nc1ccccc1SC(F)(F)F. The van der Waals surface area contributed by atoms with Gasteiger partial charge in [0.05, 0.1) is 11.4 Å². The molecule has 0 saturated heterocycles. The molecule has 0 aliphatic heterocycles. The van der Waals surface area contributed by atoms with Crippen LogP contribution >= 0.6 is 11.8 Å². The molecule has 3 nitrogen and oxygen atoms in total. The molecule has 0 spiro atoms. The fraction of sp³-hybridized carbons (Fsp3) is 0.400. The van der Waals surface area contributed by atoms with Crippen LogP contribution in [-0.2, 0) is 10.0 Å². The molecular weight excluding hydrogens is 287 g/mol. The van der Waals surface area contributed by atoms with Crippen molar-refractivity contribution in [3.8, 4) is 0 Å². The van der Waals surface area contributed by atoms with Crippen molar-refractivity contribution in [3.05, 3.63) is 24.3 Å². The molecule has 0 aromatic heterocycles. The number of hydrogen-bond donors (Lipinski definition) is 1. The minimum atomic E-state index is -4.45. The van der Waals surface area contributed by atoms with Gasteiger partial charge in [-0.05, 0) is 30.3 Å². The Morgan fingerprint density at radius 1 is 1.28 bits per heavy atom. The van der Waals surface area contributed by atoms with Gasteiger partial charge in [0.2, 0.25) is 10.0 Å². The highest BCUT2D eigenvalue weighted by Gasteiger charge is 2.30. The van der Waals surface area contributed by atoms with E-state index in [-0.39, 0.29) is 28.1 Å². The van der Waals surface area contributed by atoms with Crippen molar-refractivity contribution >= 4 is 27.5 Å². The highest BCUT2D eigenvalue weighted by Crippen LogP contribution is 2.40. The highest BCUT2D eigenvalue weighted by molar-refractivity contribution is 8.00. The number of nitrogens with one attached hydrogen (secondary N) is 1. The van der Waals surface area contributed by atoms with E-state index in [9.17, 15) is 21.6 Å². The van der Waals surface area contributed by atoms with E-state index in [1.807, 2.05) is 0 Å². The molecule has 0 unspecified atom stereocenters. The first-order chi connectivity index (χ1) is 8.23. The summed E-state index contributed by atoms with van der Waals surface area (Å²) in [7, 11) is -3.59. The summed E-state index contributed by atoms with van der Waals surface area (Å²) >= 11 is -0.341. The molecule has 0 fully saturated rings. The summed E-state index contributed by atoms with van der Waals surface area (Å²) in [4.78, 5) is -0.162. The summed E-state index contributed by atoms with van der Waals surface area (Å²) in [6.07, 6.45) is 0.393. The molecular formula is C10H12F3NO2S2. The number of para-hydroxylation sites is 1. The molecule has 0 atom stereocenters. The third-order valence-electron chi connectivity index (χ3n) is 1.85. The molecule has 1 rings (SSSR count). The third-order valence-corrected chi connectivity index (χ3v) is 4.14. The quantitative estimate of drug-likeness (QED) is 0.847. The Morgan fingerprint density at radius 3 is 2.44 bits per heavy atom. The number of halogens is 3. The van der Waals surface area contributed by atoms with Crippen LogP contribution in [-0.4, -0.2) is 19.7 Å². The second-order valence-corrected chi connectivity index (χ2v) is 6.41. The van der Waals surface area contributed by atoms with Gasteiger partial charge in [0, 0.05) is 4.90 Å². The van der Waals surface area contributed by atoms with Crippen molar-refractivity contribution in [2.45, 2.75) is 23.7 Å². The molecule has 0 aliphatic carbocycles. The Kier molecular flexibility index (Phi) is 4.92. The second kappa shape index (κ2) is 5.83. The lowest BCUT2D eigenvalue weighted by molar-refractivity contribution is -0.0327. The molecule has 0 saturated carbocycles. The van der Waals surface area contributed by atoms with Gasteiger partial charge in [0.25, 0.3) is 0 Å². The van der Waals surface area contributed by atoms with Crippen LogP contribution in [0.25, 0.3) is 0 Å². The molecule has 1 N–H and O–H groups in total. The van der Waals surface area contributed by atoms with Crippen LogP contribution < -0.4 is 4.72 Å². The maximum absolute atomic E-state index is 12.3. The van der Waals surface area contributed by atoms with Gasteiger partial charge in [-0.1, -0.05) is 19.1 Å². The fourth-order valence-corrected chi connectivity index (χ4v) is 3.09.